The highest BCUT2D eigenvalue weighted by Gasteiger charge is 2.11. The van der Waals surface area contributed by atoms with Crippen molar-refractivity contribution in [3.8, 4) is 0 Å². The molecule has 0 aliphatic carbocycles. The molecule has 0 spiro atoms. The van der Waals surface area contributed by atoms with E-state index in [9.17, 15) is 12.8 Å². The van der Waals surface area contributed by atoms with E-state index >= 15 is 0 Å². The van der Waals surface area contributed by atoms with Gasteiger partial charge in [-0.15, -0.1) is 24.0 Å². The number of rotatable bonds is 8. The van der Waals surface area contributed by atoms with Crippen molar-refractivity contribution >= 4 is 39.8 Å². The second kappa shape index (κ2) is 12.4. The highest BCUT2D eigenvalue weighted by atomic mass is 127. The van der Waals surface area contributed by atoms with E-state index in [1.807, 2.05) is 6.92 Å². The van der Waals surface area contributed by atoms with Crippen LogP contribution in [0.1, 0.15) is 40.3 Å². The van der Waals surface area contributed by atoms with Crippen LogP contribution in [-0.4, -0.2) is 33.7 Å². The molecule has 0 fully saturated rings. The lowest BCUT2D eigenvalue weighted by molar-refractivity contribution is 0.600. The molecule has 8 heteroatoms. The number of guanidine groups is 1. The van der Waals surface area contributed by atoms with Gasteiger partial charge in [0.05, 0.1) is 12.3 Å². The van der Waals surface area contributed by atoms with Gasteiger partial charge < -0.3 is 10.6 Å². The standard InChI is InChI=1S/C23H32FN3O2S.HI/c1-6-25-23(26-10-9-22-17(3)11-16(2)12-18(22)4)27-14-20-13-21(24)8-7-19(20)15-30(5,28)29;/h7-8,11-13H,6,9-10,14-15H2,1-5H3,(H2,25,26,27);1H. The van der Waals surface area contributed by atoms with Crippen molar-refractivity contribution in [1.29, 1.82) is 0 Å². The van der Waals surface area contributed by atoms with Crippen LogP contribution in [0.2, 0.25) is 0 Å². The summed E-state index contributed by atoms with van der Waals surface area (Å²) >= 11 is 0. The topological polar surface area (TPSA) is 70.6 Å². The molecule has 0 saturated heterocycles. The minimum absolute atomic E-state index is 0. The number of hydrogen-bond donors (Lipinski definition) is 2. The number of halogens is 2. The first-order valence-corrected chi connectivity index (χ1v) is 12.2. The van der Waals surface area contributed by atoms with E-state index < -0.39 is 15.7 Å². The van der Waals surface area contributed by atoms with E-state index in [0.29, 0.717) is 30.2 Å². The minimum Gasteiger partial charge on any atom is -0.357 e. The fraction of sp³-hybridized carbons (Fsp3) is 0.435. The average molecular weight is 562 g/mol. The molecule has 0 aromatic heterocycles. The van der Waals surface area contributed by atoms with E-state index in [-0.39, 0.29) is 36.3 Å². The van der Waals surface area contributed by atoms with Crippen LogP contribution in [0, 0.1) is 26.6 Å². The van der Waals surface area contributed by atoms with Crippen LogP contribution in [0.3, 0.4) is 0 Å². The highest BCUT2D eigenvalue weighted by molar-refractivity contribution is 14.0. The Morgan fingerprint density at radius 2 is 1.68 bits per heavy atom. The number of aliphatic imine (C=N–C) groups is 1. The van der Waals surface area contributed by atoms with Crippen molar-refractivity contribution in [2.75, 3.05) is 19.3 Å². The Morgan fingerprint density at radius 1 is 1.03 bits per heavy atom. The van der Waals surface area contributed by atoms with Gasteiger partial charge in [0.15, 0.2) is 15.8 Å². The van der Waals surface area contributed by atoms with Gasteiger partial charge in [-0.05, 0) is 74.1 Å². The molecule has 2 aromatic rings. The van der Waals surface area contributed by atoms with Crippen molar-refractivity contribution < 1.29 is 12.8 Å². The summed E-state index contributed by atoms with van der Waals surface area (Å²) in [4.78, 5) is 4.54. The SMILES string of the molecule is CCNC(=NCc1cc(F)ccc1CS(C)(=O)=O)NCCc1c(C)cc(C)cc1C.I. The summed E-state index contributed by atoms with van der Waals surface area (Å²) in [6.45, 7) is 9.92. The first-order chi connectivity index (χ1) is 14.1. The van der Waals surface area contributed by atoms with E-state index in [2.05, 4.69) is 48.5 Å². The maximum atomic E-state index is 13.7. The maximum absolute atomic E-state index is 13.7. The largest absolute Gasteiger partial charge is 0.357 e. The molecule has 0 unspecified atom stereocenters. The zero-order valence-electron chi connectivity index (χ0n) is 18.9. The van der Waals surface area contributed by atoms with Gasteiger partial charge in [-0.1, -0.05) is 23.8 Å². The molecule has 0 bridgehead atoms. The van der Waals surface area contributed by atoms with Crippen LogP contribution in [0.15, 0.2) is 35.3 Å². The molecular formula is C23H33FIN3O2S. The van der Waals surface area contributed by atoms with Crippen molar-refractivity contribution in [2.24, 2.45) is 4.99 Å². The average Bonchev–Trinajstić information content (AvgIpc) is 2.62. The molecule has 0 radical (unpaired) electrons. The Balaban J connectivity index is 0.00000480. The first-order valence-electron chi connectivity index (χ1n) is 10.1. The summed E-state index contributed by atoms with van der Waals surface area (Å²) in [5.41, 5.74) is 6.29. The summed E-state index contributed by atoms with van der Waals surface area (Å²) in [7, 11) is -3.22. The maximum Gasteiger partial charge on any atom is 0.191 e. The molecule has 0 aliphatic rings. The zero-order chi connectivity index (χ0) is 22.3. The Bertz CT molecular complexity index is 1000. The molecule has 172 valence electrons. The van der Waals surface area contributed by atoms with E-state index in [4.69, 9.17) is 0 Å². The van der Waals surface area contributed by atoms with E-state index in [0.717, 1.165) is 6.42 Å². The first kappa shape index (κ1) is 27.4. The molecule has 2 aromatic carbocycles. The summed E-state index contributed by atoms with van der Waals surface area (Å²) in [6.07, 6.45) is 2.03. The molecule has 2 N–H and O–H groups in total. The third-order valence-corrected chi connectivity index (χ3v) is 5.68. The molecule has 31 heavy (non-hydrogen) atoms. The fourth-order valence-corrected chi connectivity index (χ4v) is 4.43. The number of aryl methyl sites for hydroxylation is 3. The van der Waals surface area contributed by atoms with E-state index in [1.165, 1.54) is 46.7 Å². The van der Waals surface area contributed by atoms with Crippen LogP contribution in [0.25, 0.3) is 0 Å². The molecule has 0 atom stereocenters. The predicted octanol–water partition coefficient (Wildman–Crippen LogP) is 4.21. The number of hydrogen-bond acceptors (Lipinski definition) is 3. The molecule has 5 nitrogen and oxygen atoms in total. The van der Waals surface area contributed by atoms with Crippen LogP contribution < -0.4 is 10.6 Å². The number of sulfone groups is 1. The third-order valence-electron chi connectivity index (χ3n) is 4.85. The lowest BCUT2D eigenvalue weighted by Gasteiger charge is -2.15. The van der Waals surface area contributed by atoms with Crippen LogP contribution >= 0.6 is 24.0 Å². The van der Waals surface area contributed by atoms with Crippen LogP contribution in [0.4, 0.5) is 4.39 Å². The van der Waals surface area contributed by atoms with Crippen molar-refractivity contribution in [3.63, 3.8) is 0 Å². The second-order valence-corrected chi connectivity index (χ2v) is 9.87. The van der Waals surface area contributed by atoms with Crippen LogP contribution in [-0.2, 0) is 28.6 Å². The normalized spacial score (nSPS) is 11.7. The quantitative estimate of drug-likeness (QED) is 0.288. The van der Waals surface area contributed by atoms with Gasteiger partial charge in [-0.2, -0.15) is 0 Å². The Morgan fingerprint density at radius 3 is 2.26 bits per heavy atom. The summed E-state index contributed by atoms with van der Waals surface area (Å²) in [6, 6.07) is 8.53. The molecule has 0 saturated carbocycles. The van der Waals surface area contributed by atoms with Gasteiger partial charge in [-0.25, -0.2) is 17.8 Å². The summed E-state index contributed by atoms with van der Waals surface area (Å²) in [5, 5.41) is 6.50. The van der Waals surface area contributed by atoms with Crippen LogP contribution in [0.5, 0.6) is 0 Å². The minimum atomic E-state index is -3.22. The summed E-state index contributed by atoms with van der Waals surface area (Å²) in [5.74, 6) is 0.0869. The lowest BCUT2D eigenvalue weighted by Crippen LogP contribution is -2.38. The van der Waals surface area contributed by atoms with Gasteiger partial charge in [0.25, 0.3) is 0 Å². The van der Waals surface area contributed by atoms with Crippen molar-refractivity contribution in [1.82, 2.24) is 10.6 Å². The van der Waals surface area contributed by atoms with Gasteiger partial charge in [0.2, 0.25) is 0 Å². The fourth-order valence-electron chi connectivity index (χ4n) is 3.58. The lowest BCUT2D eigenvalue weighted by atomic mass is 9.97. The Kier molecular flexibility index (Phi) is 10.9. The monoisotopic (exact) mass is 561 g/mol. The molecule has 2 rings (SSSR count). The molecular weight excluding hydrogens is 528 g/mol. The van der Waals surface area contributed by atoms with Gasteiger partial charge in [0.1, 0.15) is 5.82 Å². The summed E-state index contributed by atoms with van der Waals surface area (Å²) < 4.78 is 37.1. The van der Waals surface area contributed by atoms with Gasteiger partial charge >= 0.3 is 0 Å². The number of benzene rings is 2. The van der Waals surface area contributed by atoms with E-state index in [1.54, 1.807) is 0 Å². The molecule has 0 amide bonds. The molecule has 0 aliphatic heterocycles. The second-order valence-electron chi connectivity index (χ2n) is 7.73. The highest BCUT2D eigenvalue weighted by Crippen LogP contribution is 2.17. The smallest absolute Gasteiger partial charge is 0.191 e. The molecule has 0 heterocycles. The van der Waals surface area contributed by atoms with Crippen molar-refractivity contribution in [3.05, 3.63) is 69.5 Å². The predicted molar refractivity (Wildman–Crippen MR) is 138 cm³/mol. The third kappa shape index (κ3) is 9.14. The van der Waals surface area contributed by atoms with Gasteiger partial charge in [-0.3, -0.25) is 0 Å². The number of nitrogens with zero attached hydrogens (tertiary/aromatic N) is 1. The van der Waals surface area contributed by atoms with Gasteiger partial charge in [0, 0.05) is 19.3 Å². The zero-order valence-corrected chi connectivity index (χ0v) is 22.0. The Hall–Kier alpha value is -1.68. The number of nitrogens with one attached hydrogen (secondary N) is 2. The Labute approximate surface area is 202 Å². The van der Waals surface area contributed by atoms with Crippen molar-refractivity contribution in [2.45, 2.75) is 46.4 Å².